The Labute approximate surface area is 244 Å². The first-order chi connectivity index (χ1) is 20.8. The number of carbonyl (C=O) groups is 2. The summed E-state index contributed by atoms with van der Waals surface area (Å²) in [5, 5.41) is 25.1. The van der Waals surface area contributed by atoms with Crippen molar-refractivity contribution in [3.63, 3.8) is 0 Å². The highest BCUT2D eigenvalue weighted by atomic mass is 19.3. The van der Waals surface area contributed by atoms with Gasteiger partial charge in [0, 0.05) is 31.4 Å². The third-order valence-corrected chi connectivity index (χ3v) is 7.30. The number of alkyl halides is 2. The lowest BCUT2D eigenvalue weighted by Crippen LogP contribution is -2.39. The van der Waals surface area contributed by atoms with Crippen LogP contribution >= 0.6 is 0 Å². The quantitative estimate of drug-likeness (QED) is 0.176. The van der Waals surface area contributed by atoms with Crippen LogP contribution in [0.15, 0.2) is 59.5 Å². The maximum absolute atomic E-state index is 13.8. The van der Waals surface area contributed by atoms with Crippen LogP contribution in [0.3, 0.4) is 0 Å². The van der Waals surface area contributed by atoms with Crippen LogP contribution in [0, 0.1) is 5.92 Å². The summed E-state index contributed by atoms with van der Waals surface area (Å²) in [6.45, 7) is 1.47. The first-order valence-corrected chi connectivity index (χ1v) is 14.0. The predicted molar refractivity (Wildman–Crippen MR) is 152 cm³/mol. The number of amides is 2. The largest absolute Gasteiger partial charge is 0.444 e. The van der Waals surface area contributed by atoms with Gasteiger partial charge in [-0.3, -0.25) is 9.59 Å². The standard InChI is InChI=1S/C29H30F2N8O4/c30-26(31)25-22(14-39(38-25)19-5-3-17(4-6-19)12-35-27(41)21-10-20(40)13-33-21)36-28(42)23-15-43-29(37-23)18-7-8-32-24(9-18)34-11-16-1-2-16/h3-9,14-16,20-21,26,33,40H,1-2,10-13H2,(H,32,34)(H,35,41)(H,36,42)/t20-,21+/m1/s1. The number of rotatable bonds is 11. The molecule has 14 heteroatoms. The number of β-amino-alcohol motifs (C(OH)–C–C–N with tert-alkyl or cyclic N) is 1. The molecule has 2 atom stereocenters. The SMILES string of the molecule is O=C(Nc1cn(-c2ccc(CNC(=O)[C@@H]3C[C@@H](O)CN3)cc2)nc1C(F)F)c1coc(-c2ccnc(NCC3CC3)c2)n1. The number of benzene rings is 1. The van der Waals surface area contributed by atoms with Crippen LogP contribution in [0.4, 0.5) is 20.3 Å². The number of aliphatic hydroxyl groups is 1. The van der Waals surface area contributed by atoms with E-state index in [1.165, 1.54) is 23.7 Å². The molecule has 1 saturated carbocycles. The smallest absolute Gasteiger partial charge is 0.284 e. The summed E-state index contributed by atoms with van der Waals surface area (Å²) in [5.74, 6) is 0.593. The monoisotopic (exact) mass is 592 g/mol. The normalized spacial score (nSPS) is 18.1. The van der Waals surface area contributed by atoms with Crippen molar-refractivity contribution < 1.29 is 27.9 Å². The molecular weight excluding hydrogens is 562 g/mol. The Morgan fingerprint density at radius 3 is 2.72 bits per heavy atom. The molecule has 12 nitrogen and oxygen atoms in total. The van der Waals surface area contributed by atoms with E-state index in [9.17, 15) is 23.5 Å². The van der Waals surface area contributed by atoms with E-state index in [0.29, 0.717) is 36.0 Å². The summed E-state index contributed by atoms with van der Waals surface area (Å²) in [6.07, 6.45) is 3.36. The molecule has 2 fully saturated rings. The van der Waals surface area contributed by atoms with Crippen LogP contribution in [0.25, 0.3) is 17.1 Å². The summed E-state index contributed by atoms with van der Waals surface area (Å²) in [7, 11) is 0. The third-order valence-electron chi connectivity index (χ3n) is 7.30. The minimum absolute atomic E-state index is 0.0824. The molecular formula is C29H30F2N8O4. The molecule has 224 valence electrons. The van der Waals surface area contributed by atoms with E-state index >= 15 is 0 Å². The molecule has 3 aromatic heterocycles. The van der Waals surface area contributed by atoms with Crippen molar-refractivity contribution in [3.8, 4) is 17.1 Å². The highest BCUT2D eigenvalue weighted by Gasteiger charge is 2.28. The predicted octanol–water partition coefficient (Wildman–Crippen LogP) is 3.27. The summed E-state index contributed by atoms with van der Waals surface area (Å²) < 4.78 is 34.4. The molecule has 0 spiro atoms. The number of hydrogen-bond acceptors (Lipinski definition) is 9. The molecule has 2 aliphatic rings. The van der Waals surface area contributed by atoms with Crippen molar-refractivity contribution in [2.75, 3.05) is 23.7 Å². The highest BCUT2D eigenvalue weighted by molar-refractivity contribution is 6.03. The maximum atomic E-state index is 13.8. The van der Waals surface area contributed by atoms with Gasteiger partial charge in [-0.2, -0.15) is 5.10 Å². The van der Waals surface area contributed by atoms with Gasteiger partial charge in [0.15, 0.2) is 11.4 Å². The average Bonchev–Trinajstić information content (AvgIpc) is 3.34. The first kappa shape index (κ1) is 28.4. The Hall–Kier alpha value is -4.69. The highest BCUT2D eigenvalue weighted by Crippen LogP contribution is 2.30. The van der Waals surface area contributed by atoms with Crippen LogP contribution in [0.2, 0.25) is 0 Å². The molecule has 1 aliphatic heterocycles. The van der Waals surface area contributed by atoms with Crippen molar-refractivity contribution in [1.82, 2.24) is 30.4 Å². The average molecular weight is 593 g/mol. The Morgan fingerprint density at radius 1 is 1.19 bits per heavy atom. The van der Waals surface area contributed by atoms with Gasteiger partial charge in [0.2, 0.25) is 11.8 Å². The van der Waals surface area contributed by atoms with E-state index in [1.54, 1.807) is 42.6 Å². The van der Waals surface area contributed by atoms with Crippen molar-refractivity contribution in [3.05, 3.63) is 72.0 Å². The molecule has 1 aromatic carbocycles. The summed E-state index contributed by atoms with van der Waals surface area (Å²) >= 11 is 0. The number of pyridine rings is 1. The summed E-state index contributed by atoms with van der Waals surface area (Å²) in [4.78, 5) is 33.7. The Balaban J connectivity index is 1.10. The second kappa shape index (κ2) is 12.3. The molecule has 1 aliphatic carbocycles. The number of oxazole rings is 1. The van der Waals surface area contributed by atoms with Gasteiger partial charge in [-0.1, -0.05) is 12.1 Å². The lowest BCUT2D eigenvalue weighted by molar-refractivity contribution is -0.123. The lowest BCUT2D eigenvalue weighted by Gasteiger charge is -2.11. The van der Waals surface area contributed by atoms with Crippen LogP contribution in [-0.2, 0) is 11.3 Å². The Kier molecular flexibility index (Phi) is 8.11. The van der Waals surface area contributed by atoms with Gasteiger partial charge in [0.1, 0.15) is 12.1 Å². The number of aromatic nitrogens is 4. The van der Waals surface area contributed by atoms with Gasteiger partial charge < -0.3 is 30.8 Å². The zero-order chi connectivity index (χ0) is 29.9. The molecule has 0 radical (unpaired) electrons. The van der Waals surface area contributed by atoms with Crippen molar-refractivity contribution >= 4 is 23.3 Å². The minimum Gasteiger partial charge on any atom is -0.444 e. The van der Waals surface area contributed by atoms with E-state index in [4.69, 9.17) is 4.42 Å². The lowest BCUT2D eigenvalue weighted by atomic mass is 10.1. The van der Waals surface area contributed by atoms with Crippen molar-refractivity contribution in [2.45, 2.75) is 44.4 Å². The number of halogens is 2. The second-order valence-electron chi connectivity index (χ2n) is 10.7. The van der Waals surface area contributed by atoms with Crippen molar-refractivity contribution in [1.29, 1.82) is 0 Å². The molecule has 0 unspecified atom stereocenters. The fourth-order valence-electron chi connectivity index (χ4n) is 4.70. The van der Waals surface area contributed by atoms with Gasteiger partial charge >= 0.3 is 0 Å². The van der Waals surface area contributed by atoms with Gasteiger partial charge in [-0.25, -0.2) is 23.4 Å². The van der Waals surface area contributed by atoms with Crippen LogP contribution in [0.5, 0.6) is 0 Å². The summed E-state index contributed by atoms with van der Waals surface area (Å²) in [6, 6.07) is 9.83. The van der Waals surface area contributed by atoms with Crippen LogP contribution < -0.4 is 21.3 Å². The number of hydrogen-bond donors (Lipinski definition) is 5. The molecule has 1 saturated heterocycles. The van der Waals surface area contributed by atoms with Gasteiger partial charge in [-0.05, 0) is 55.0 Å². The van der Waals surface area contributed by atoms with E-state index in [0.717, 1.165) is 18.4 Å². The fourth-order valence-corrected chi connectivity index (χ4v) is 4.70. The number of aliphatic hydroxyl groups excluding tert-OH is 1. The molecule has 6 rings (SSSR count). The van der Waals surface area contributed by atoms with Gasteiger partial charge in [-0.15, -0.1) is 0 Å². The van der Waals surface area contributed by atoms with E-state index < -0.39 is 30.2 Å². The molecule has 43 heavy (non-hydrogen) atoms. The van der Waals surface area contributed by atoms with E-state index in [1.807, 2.05) is 0 Å². The Morgan fingerprint density at radius 2 is 2.00 bits per heavy atom. The number of nitrogens with zero attached hydrogens (tertiary/aromatic N) is 4. The second-order valence-corrected chi connectivity index (χ2v) is 10.7. The maximum Gasteiger partial charge on any atom is 0.284 e. The molecule has 4 aromatic rings. The number of carbonyl (C=O) groups excluding carboxylic acids is 2. The third kappa shape index (κ3) is 6.87. The van der Waals surface area contributed by atoms with Crippen molar-refractivity contribution in [2.24, 2.45) is 5.92 Å². The Bertz CT molecular complexity index is 1600. The molecule has 2 amide bonds. The number of nitrogens with one attached hydrogen (secondary N) is 4. The zero-order valence-corrected chi connectivity index (χ0v) is 23.0. The molecule has 4 heterocycles. The minimum atomic E-state index is -2.94. The molecule has 0 bridgehead atoms. The topological polar surface area (TPSA) is 159 Å². The van der Waals surface area contributed by atoms with Crippen LogP contribution in [0.1, 0.15) is 47.4 Å². The van der Waals surface area contributed by atoms with E-state index in [2.05, 4.69) is 36.3 Å². The van der Waals surface area contributed by atoms with Gasteiger partial charge in [0.05, 0.1) is 29.7 Å². The summed E-state index contributed by atoms with van der Waals surface area (Å²) in [5.41, 5.74) is 1.03. The zero-order valence-electron chi connectivity index (χ0n) is 23.0. The number of anilines is 2. The fraction of sp³-hybridized carbons (Fsp3) is 0.345. The van der Waals surface area contributed by atoms with E-state index in [-0.39, 0.29) is 29.7 Å². The first-order valence-electron chi connectivity index (χ1n) is 14.0. The van der Waals surface area contributed by atoms with Crippen LogP contribution in [-0.4, -0.2) is 61.9 Å². The van der Waals surface area contributed by atoms with Gasteiger partial charge in [0.25, 0.3) is 12.3 Å². The molecule has 5 N–H and O–H groups in total.